The number of nitrogens with zero attached hydrogens (tertiary/aromatic N) is 3. The van der Waals surface area contributed by atoms with Crippen molar-refractivity contribution in [3.8, 4) is 0 Å². The zero-order chi connectivity index (χ0) is 11.7. The molecule has 0 atom stereocenters. The summed E-state index contributed by atoms with van der Waals surface area (Å²) in [6.45, 7) is 0. The minimum Gasteiger partial charge on any atom is -0.267 e. The third-order valence-corrected chi connectivity index (χ3v) is 3.51. The Kier molecular flexibility index (Phi) is 2.63. The molecule has 4 heteroatoms. The van der Waals surface area contributed by atoms with E-state index in [1.807, 2.05) is 24.3 Å². The Morgan fingerprint density at radius 2 is 1.88 bits per heavy atom. The molecule has 4 nitrogen and oxygen atoms in total. The zero-order valence-electron chi connectivity index (χ0n) is 9.67. The van der Waals surface area contributed by atoms with E-state index in [-0.39, 0.29) is 11.6 Å². The molecule has 0 amide bonds. The van der Waals surface area contributed by atoms with Crippen molar-refractivity contribution in [2.24, 2.45) is 0 Å². The van der Waals surface area contributed by atoms with Crippen molar-refractivity contribution in [3.63, 3.8) is 0 Å². The molecule has 0 spiro atoms. The second-order valence-electron chi connectivity index (χ2n) is 4.65. The predicted molar refractivity (Wildman–Crippen MR) is 65.9 cm³/mol. The van der Waals surface area contributed by atoms with E-state index in [4.69, 9.17) is 0 Å². The van der Waals surface area contributed by atoms with Crippen LogP contribution in [0.3, 0.4) is 0 Å². The van der Waals surface area contributed by atoms with E-state index in [0.29, 0.717) is 10.9 Å². The minimum atomic E-state index is 0.00231. The van der Waals surface area contributed by atoms with Gasteiger partial charge in [0.25, 0.3) is 5.56 Å². The first-order valence-electron chi connectivity index (χ1n) is 6.20. The second kappa shape index (κ2) is 4.28. The molecule has 0 radical (unpaired) electrons. The van der Waals surface area contributed by atoms with Crippen molar-refractivity contribution < 1.29 is 0 Å². The van der Waals surface area contributed by atoms with Crippen molar-refractivity contribution in [2.45, 2.75) is 38.1 Å². The Morgan fingerprint density at radius 1 is 1.12 bits per heavy atom. The van der Waals surface area contributed by atoms with E-state index in [2.05, 4.69) is 10.3 Å². The van der Waals surface area contributed by atoms with Crippen LogP contribution in [0.25, 0.3) is 10.9 Å². The number of aromatic nitrogens is 3. The first-order valence-corrected chi connectivity index (χ1v) is 6.20. The van der Waals surface area contributed by atoms with Gasteiger partial charge >= 0.3 is 0 Å². The lowest BCUT2D eigenvalue weighted by molar-refractivity contribution is 0.312. The molecule has 1 aliphatic carbocycles. The molecule has 1 saturated carbocycles. The highest BCUT2D eigenvalue weighted by molar-refractivity contribution is 5.76. The van der Waals surface area contributed by atoms with Gasteiger partial charge in [0.2, 0.25) is 0 Å². The molecule has 1 aromatic carbocycles. The molecule has 0 aliphatic heterocycles. The standard InChI is InChI=1S/C13H15N3O/c17-13-11-8-4-5-9-12(11)14-15-16(13)10-6-2-1-3-7-10/h4-5,8-10H,1-3,6-7H2. The topological polar surface area (TPSA) is 47.8 Å². The second-order valence-corrected chi connectivity index (χ2v) is 4.65. The number of hydrogen-bond acceptors (Lipinski definition) is 3. The highest BCUT2D eigenvalue weighted by atomic mass is 16.1. The summed E-state index contributed by atoms with van der Waals surface area (Å²) in [5.41, 5.74) is 0.687. The fourth-order valence-corrected chi connectivity index (χ4v) is 2.57. The van der Waals surface area contributed by atoms with E-state index in [1.165, 1.54) is 19.3 Å². The molecule has 0 unspecified atom stereocenters. The Hall–Kier alpha value is -1.71. The van der Waals surface area contributed by atoms with Gasteiger partial charge in [-0.25, -0.2) is 4.68 Å². The maximum atomic E-state index is 12.3. The maximum absolute atomic E-state index is 12.3. The molecular weight excluding hydrogens is 214 g/mol. The van der Waals surface area contributed by atoms with Gasteiger partial charge in [-0.2, -0.15) is 0 Å². The zero-order valence-corrected chi connectivity index (χ0v) is 9.67. The third-order valence-electron chi connectivity index (χ3n) is 3.51. The van der Waals surface area contributed by atoms with E-state index < -0.39 is 0 Å². The summed E-state index contributed by atoms with van der Waals surface area (Å²) in [6, 6.07) is 7.65. The van der Waals surface area contributed by atoms with Gasteiger partial charge in [-0.1, -0.05) is 36.6 Å². The lowest BCUT2D eigenvalue weighted by atomic mass is 9.96. The van der Waals surface area contributed by atoms with Crippen molar-refractivity contribution in [1.82, 2.24) is 15.0 Å². The Morgan fingerprint density at radius 3 is 2.71 bits per heavy atom. The Balaban J connectivity index is 2.11. The Labute approximate surface area is 99.3 Å². The van der Waals surface area contributed by atoms with Crippen LogP contribution in [0.2, 0.25) is 0 Å². The summed E-state index contributed by atoms with van der Waals surface area (Å²) in [5.74, 6) is 0. The fourth-order valence-electron chi connectivity index (χ4n) is 2.57. The molecule has 1 aromatic heterocycles. The van der Waals surface area contributed by atoms with Crippen LogP contribution in [0, 0.1) is 0 Å². The molecule has 0 saturated heterocycles. The number of fused-ring (bicyclic) bond motifs is 1. The van der Waals surface area contributed by atoms with Crippen LogP contribution in [0.1, 0.15) is 38.1 Å². The lowest BCUT2D eigenvalue weighted by Crippen LogP contribution is -2.29. The van der Waals surface area contributed by atoms with Crippen LogP contribution in [0.4, 0.5) is 0 Å². The van der Waals surface area contributed by atoms with E-state index in [9.17, 15) is 4.79 Å². The van der Waals surface area contributed by atoms with Crippen LogP contribution in [-0.4, -0.2) is 15.0 Å². The van der Waals surface area contributed by atoms with Crippen molar-refractivity contribution >= 4 is 10.9 Å². The molecule has 1 fully saturated rings. The van der Waals surface area contributed by atoms with E-state index in [1.54, 1.807) is 4.68 Å². The van der Waals surface area contributed by atoms with Gasteiger partial charge in [0, 0.05) is 0 Å². The molecule has 1 heterocycles. The van der Waals surface area contributed by atoms with E-state index >= 15 is 0 Å². The van der Waals surface area contributed by atoms with Crippen molar-refractivity contribution in [2.75, 3.05) is 0 Å². The molecule has 2 aromatic rings. The summed E-state index contributed by atoms with van der Waals surface area (Å²) in [7, 11) is 0. The molecule has 0 bridgehead atoms. The molecule has 88 valence electrons. The maximum Gasteiger partial charge on any atom is 0.277 e. The van der Waals surface area contributed by atoms with Gasteiger partial charge < -0.3 is 0 Å². The SMILES string of the molecule is O=c1c2ccccc2nnn1C1CCCCC1. The van der Waals surface area contributed by atoms with Crippen molar-refractivity contribution in [1.29, 1.82) is 0 Å². The third kappa shape index (κ3) is 1.84. The monoisotopic (exact) mass is 229 g/mol. The highest BCUT2D eigenvalue weighted by Gasteiger charge is 2.18. The first-order chi connectivity index (χ1) is 8.36. The average Bonchev–Trinajstić information content (AvgIpc) is 2.40. The van der Waals surface area contributed by atoms with E-state index in [0.717, 1.165) is 12.8 Å². The van der Waals surface area contributed by atoms with Gasteiger partial charge in [-0.3, -0.25) is 4.79 Å². The normalized spacial score (nSPS) is 17.4. The van der Waals surface area contributed by atoms with Gasteiger partial charge in [-0.15, -0.1) is 5.10 Å². The molecule has 3 rings (SSSR count). The average molecular weight is 229 g/mol. The summed E-state index contributed by atoms with van der Waals surface area (Å²) >= 11 is 0. The van der Waals surface area contributed by atoms with Crippen molar-refractivity contribution in [3.05, 3.63) is 34.6 Å². The molecule has 1 aliphatic rings. The van der Waals surface area contributed by atoms with Crippen LogP contribution in [0.5, 0.6) is 0 Å². The Bertz CT molecular complexity index is 584. The molecule has 0 N–H and O–H groups in total. The molecular formula is C13H15N3O. The summed E-state index contributed by atoms with van der Waals surface area (Å²) in [5, 5.41) is 8.89. The smallest absolute Gasteiger partial charge is 0.267 e. The van der Waals surface area contributed by atoms with Crippen LogP contribution < -0.4 is 5.56 Å². The fraction of sp³-hybridized carbons (Fsp3) is 0.462. The largest absolute Gasteiger partial charge is 0.277 e. The number of rotatable bonds is 1. The summed E-state index contributed by atoms with van der Waals surface area (Å²) < 4.78 is 1.58. The van der Waals surface area contributed by atoms with Gasteiger partial charge in [-0.05, 0) is 25.0 Å². The van der Waals surface area contributed by atoms with Gasteiger partial charge in [0.1, 0.15) is 5.52 Å². The highest BCUT2D eigenvalue weighted by Crippen LogP contribution is 2.26. The molecule has 17 heavy (non-hydrogen) atoms. The first kappa shape index (κ1) is 10.4. The summed E-state index contributed by atoms with van der Waals surface area (Å²) in [4.78, 5) is 12.3. The van der Waals surface area contributed by atoms with Gasteiger partial charge in [0.05, 0.1) is 11.4 Å². The van der Waals surface area contributed by atoms with Gasteiger partial charge in [0.15, 0.2) is 0 Å². The van der Waals surface area contributed by atoms with Crippen LogP contribution in [-0.2, 0) is 0 Å². The number of benzene rings is 1. The summed E-state index contributed by atoms with van der Waals surface area (Å²) in [6.07, 6.45) is 5.74. The van der Waals surface area contributed by atoms with Crippen LogP contribution >= 0.6 is 0 Å². The van der Waals surface area contributed by atoms with Crippen LogP contribution in [0.15, 0.2) is 29.1 Å². The lowest BCUT2D eigenvalue weighted by Gasteiger charge is -2.21. The minimum absolute atomic E-state index is 0.00231. The predicted octanol–water partition coefficient (Wildman–Crippen LogP) is 2.30. The number of hydrogen-bond donors (Lipinski definition) is 0. The quantitative estimate of drug-likeness (QED) is 0.753.